The molecule has 0 saturated carbocycles. The predicted octanol–water partition coefficient (Wildman–Crippen LogP) is 3.40. The zero-order valence-corrected chi connectivity index (χ0v) is 13.2. The first-order valence-electron chi connectivity index (χ1n) is 7.88. The maximum atomic E-state index is 12.3. The van der Waals surface area contributed by atoms with Gasteiger partial charge in [0, 0.05) is 22.7 Å². The molecule has 5 nitrogen and oxygen atoms in total. The van der Waals surface area contributed by atoms with Crippen molar-refractivity contribution in [3.8, 4) is 0 Å². The van der Waals surface area contributed by atoms with Crippen molar-refractivity contribution in [2.75, 3.05) is 0 Å². The lowest BCUT2D eigenvalue weighted by Crippen LogP contribution is -2.41. The monoisotopic (exact) mass is 329 g/mol. The Morgan fingerprint density at radius 2 is 1.48 bits per heavy atom. The van der Waals surface area contributed by atoms with Crippen LogP contribution >= 0.6 is 0 Å². The van der Waals surface area contributed by atoms with Gasteiger partial charge < -0.3 is 4.98 Å². The SMILES string of the molecule is O=C(NNC(=O)c1c[nH]c2ccccc12)c1ccc2ccccc2c1. The molecule has 1 heterocycles. The number of aromatic amines is 1. The normalized spacial score (nSPS) is 10.7. The van der Waals surface area contributed by atoms with Crippen LogP contribution in [0.1, 0.15) is 20.7 Å². The molecule has 0 bridgehead atoms. The highest BCUT2D eigenvalue weighted by atomic mass is 16.2. The second-order valence-electron chi connectivity index (χ2n) is 5.72. The molecule has 4 rings (SSSR count). The molecule has 3 N–H and O–H groups in total. The molecule has 0 spiro atoms. The zero-order chi connectivity index (χ0) is 17.2. The number of rotatable bonds is 2. The molecular formula is C20H15N3O2. The van der Waals surface area contributed by atoms with Gasteiger partial charge in [-0.1, -0.05) is 48.5 Å². The van der Waals surface area contributed by atoms with Gasteiger partial charge in [-0.25, -0.2) is 0 Å². The third kappa shape index (κ3) is 2.83. The fourth-order valence-corrected chi connectivity index (χ4v) is 2.84. The van der Waals surface area contributed by atoms with Crippen molar-refractivity contribution < 1.29 is 9.59 Å². The summed E-state index contributed by atoms with van der Waals surface area (Å²) in [7, 11) is 0. The van der Waals surface area contributed by atoms with Crippen molar-refractivity contribution in [1.82, 2.24) is 15.8 Å². The number of aromatic nitrogens is 1. The van der Waals surface area contributed by atoms with E-state index in [0.29, 0.717) is 11.1 Å². The maximum absolute atomic E-state index is 12.3. The van der Waals surface area contributed by atoms with Crippen LogP contribution in [0.3, 0.4) is 0 Å². The molecule has 25 heavy (non-hydrogen) atoms. The lowest BCUT2D eigenvalue weighted by atomic mass is 10.1. The molecule has 0 atom stereocenters. The van der Waals surface area contributed by atoms with E-state index in [2.05, 4.69) is 15.8 Å². The molecular weight excluding hydrogens is 314 g/mol. The molecule has 4 aromatic rings. The molecule has 0 aliphatic heterocycles. The smallest absolute Gasteiger partial charge is 0.271 e. The number of nitrogens with one attached hydrogen (secondary N) is 3. The Balaban J connectivity index is 1.50. The molecule has 0 radical (unpaired) electrons. The van der Waals surface area contributed by atoms with E-state index in [9.17, 15) is 9.59 Å². The lowest BCUT2D eigenvalue weighted by molar-refractivity contribution is 0.0847. The standard InChI is InChI=1S/C20H15N3O2/c24-19(15-10-9-13-5-1-2-6-14(13)11-15)22-23-20(25)17-12-21-18-8-4-3-7-16(17)18/h1-12,21H,(H,22,24)(H,23,25). The van der Waals surface area contributed by atoms with Gasteiger partial charge in [0.1, 0.15) is 0 Å². The van der Waals surface area contributed by atoms with Crippen molar-refractivity contribution in [2.45, 2.75) is 0 Å². The summed E-state index contributed by atoms with van der Waals surface area (Å²) < 4.78 is 0. The van der Waals surface area contributed by atoms with Gasteiger partial charge in [0.15, 0.2) is 0 Å². The van der Waals surface area contributed by atoms with E-state index in [-0.39, 0.29) is 11.8 Å². The van der Waals surface area contributed by atoms with Crippen LogP contribution < -0.4 is 10.9 Å². The summed E-state index contributed by atoms with van der Waals surface area (Å²) in [6, 6.07) is 20.7. The minimum atomic E-state index is -0.369. The summed E-state index contributed by atoms with van der Waals surface area (Å²) in [6.07, 6.45) is 1.63. The Hall–Kier alpha value is -3.60. The molecule has 3 aromatic carbocycles. The van der Waals surface area contributed by atoms with Gasteiger partial charge in [-0.2, -0.15) is 0 Å². The number of carbonyl (C=O) groups is 2. The molecule has 0 saturated heterocycles. The summed E-state index contributed by atoms with van der Waals surface area (Å²) in [6.45, 7) is 0. The number of hydrazine groups is 1. The second-order valence-corrected chi connectivity index (χ2v) is 5.72. The Morgan fingerprint density at radius 3 is 2.36 bits per heavy atom. The first-order chi connectivity index (χ1) is 12.2. The Bertz CT molecular complexity index is 1100. The first-order valence-corrected chi connectivity index (χ1v) is 7.88. The van der Waals surface area contributed by atoms with E-state index in [1.54, 1.807) is 18.3 Å². The van der Waals surface area contributed by atoms with Crippen LogP contribution in [-0.4, -0.2) is 16.8 Å². The van der Waals surface area contributed by atoms with Gasteiger partial charge in [-0.3, -0.25) is 20.4 Å². The van der Waals surface area contributed by atoms with Gasteiger partial charge in [0.2, 0.25) is 0 Å². The van der Waals surface area contributed by atoms with Gasteiger partial charge in [0.25, 0.3) is 11.8 Å². The Morgan fingerprint density at radius 1 is 0.760 bits per heavy atom. The van der Waals surface area contributed by atoms with Crippen LogP contribution in [0, 0.1) is 0 Å². The second kappa shape index (κ2) is 6.13. The number of hydrogen-bond donors (Lipinski definition) is 3. The number of benzene rings is 3. The van der Waals surface area contributed by atoms with E-state index >= 15 is 0 Å². The molecule has 0 unspecified atom stereocenters. The van der Waals surface area contributed by atoms with Crippen LogP contribution in [0.4, 0.5) is 0 Å². The molecule has 122 valence electrons. The van der Waals surface area contributed by atoms with Crippen LogP contribution in [0.25, 0.3) is 21.7 Å². The Labute approximate surface area is 143 Å². The lowest BCUT2D eigenvalue weighted by Gasteiger charge is -2.08. The topological polar surface area (TPSA) is 74.0 Å². The van der Waals surface area contributed by atoms with E-state index in [0.717, 1.165) is 21.7 Å². The number of amides is 2. The third-order valence-corrected chi connectivity index (χ3v) is 4.14. The summed E-state index contributed by atoms with van der Waals surface area (Å²) in [5.74, 6) is -0.731. The zero-order valence-electron chi connectivity index (χ0n) is 13.2. The minimum Gasteiger partial charge on any atom is -0.360 e. The molecule has 0 fully saturated rings. The molecule has 2 amide bonds. The van der Waals surface area contributed by atoms with Gasteiger partial charge in [0.05, 0.1) is 5.56 Å². The van der Waals surface area contributed by atoms with Crippen molar-refractivity contribution >= 4 is 33.5 Å². The van der Waals surface area contributed by atoms with E-state index in [1.165, 1.54) is 0 Å². The average molecular weight is 329 g/mol. The highest BCUT2D eigenvalue weighted by Gasteiger charge is 2.13. The highest BCUT2D eigenvalue weighted by molar-refractivity contribution is 6.08. The van der Waals surface area contributed by atoms with E-state index in [4.69, 9.17) is 0 Å². The van der Waals surface area contributed by atoms with Gasteiger partial charge in [-0.15, -0.1) is 0 Å². The van der Waals surface area contributed by atoms with Gasteiger partial charge in [-0.05, 0) is 29.0 Å². The first kappa shape index (κ1) is 15.0. The van der Waals surface area contributed by atoms with Crippen molar-refractivity contribution in [1.29, 1.82) is 0 Å². The quantitative estimate of drug-likeness (QED) is 0.493. The summed E-state index contributed by atoms with van der Waals surface area (Å²) in [5, 5.41) is 2.83. The molecule has 0 aliphatic carbocycles. The number of H-pyrrole nitrogens is 1. The number of fused-ring (bicyclic) bond motifs is 2. The van der Waals surface area contributed by atoms with Crippen LogP contribution in [0.2, 0.25) is 0 Å². The van der Waals surface area contributed by atoms with Crippen LogP contribution in [0.15, 0.2) is 72.9 Å². The van der Waals surface area contributed by atoms with Crippen LogP contribution in [0.5, 0.6) is 0 Å². The number of para-hydroxylation sites is 1. The Kier molecular flexibility index (Phi) is 3.67. The van der Waals surface area contributed by atoms with Gasteiger partial charge >= 0.3 is 0 Å². The van der Waals surface area contributed by atoms with Crippen molar-refractivity contribution in [3.05, 3.63) is 84.1 Å². The predicted molar refractivity (Wildman–Crippen MR) is 97.2 cm³/mol. The summed E-state index contributed by atoms with van der Waals surface area (Å²) >= 11 is 0. The summed E-state index contributed by atoms with van der Waals surface area (Å²) in [4.78, 5) is 27.6. The fourth-order valence-electron chi connectivity index (χ4n) is 2.84. The largest absolute Gasteiger partial charge is 0.360 e. The molecule has 0 aliphatic rings. The average Bonchev–Trinajstić information content (AvgIpc) is 3.09. The third-order valence-electron chi connectivity index (χ3n) is 4.14. The van der Waals surface area contributed by atoms with E-state index in [1.807, 2.05) is 54.6 Å². The number of carbonyl (C=O) groups excluding carboxylic acids is 2. The molecule has 1 aromatic heterocycles. The fraction of sp³-hybridized carbons (Fsp3) is 0. The maximum Gasteiger partial charge on any atom is 0.271 e. The minimum absolute atomic E-state index is 0.362. The van der Waals surface area contributed by atoms with Crippen molar-refractivity contribution in [2.24, 2.45) is 0 Å². The highest BCUT2D eigenvalue weighted by Crippen LogP contribution is 2.17. The van der Waals surface area contributed by atoms with E-state index < -0.39 is 0 Å². The number of hydrogen-bond acceptors (Lipinski definition) is 2. The van der Waals surface area contributed by atoms with Crippen molar-refractivity contribution in [3.63, 3.8) is 0 Å². The van der Waals surface area contributed by atoms with Crippen LogP contribution in [-0.2, 0) is 0 Å². The summed E-state index contributed by atoms with van der Waals surface area (Å²) in [5.41, 5.74) is 6.76. The molecule has 5 heteroatoms.